The molecule has 0 saturated heterocycles. The van der Waals surface area contributed by atoms with Gasteiger partial charge in [-0.15, -0.1) is 0 Å². The van der Waals surface area contributed by atoms with Crippen LogP contribution in [0.5, 0.6) is 0 Å². The first kappa shape index (κ1) is 14.4. The maximum absolute atomic E-state index is 12.0. The minimum atomic E-state index is -2.10. The van der Waals surface area contributed by atoms with Gasteiger partial charge in [0.1, 0.15) is 0 Å². The van der Waals surface area contributed by atoms with Crippen molar-refractivity contribution in [2.24, 2.45) is 0 Å². The Kier molecular flexibility index (Phi) is 3.68. The first-order chi connectivity index (χ1) is 8.71. The fourth-order valence-corrected chi connectivity index (χ4v) is 5.82. The molecule has 0 fully saturated rings. The number of carbonyl (C=O) groups excluding carboxylic acids is 2. The van der Waals surface area contributed by atoms with E-state index >= 15 is 0 Å². The first-order valence-electron chi connectivity index (χ1n) is 6.45. The van der Waals surface area contributed by atoms with E-state index in [9.17, 15) is 9.59 Å². The topological polar surface area (TPSA) is 52.7 Å². The molecule has 1 N–H and O–H groups in total. The van der Waals surface area contributed by atoms with E-state index in [0.29, 0.717) is 6.54 Å². The van der Waals surface area contributed by atoms with Crippen molar-refractivity contribution in [3.63, 3.8) is 0 Å². The van der Waals surface area contributed by atoms with Crippen molar-refractivity contribution >= 4 is 30.3 Å². The number of rotatable bonds is 1. The minimum absolute atomic E-state index is 0.205. The van der Waals surface area contributed by atoms with E-state index in [0.717, 1.165) is 17.9 Å². The van der Waals surface area contributed by atoms with Gasteiger partial charge in [-0.05, 0) is 0 Å². The van der Waals surface area contributed by atoms with E-state index in [1.165, 1.54) is 20.3 Å². The second-order valence-corrected chi connectivity index (χ2v) is 20.8. The molecule has 5 nitrogen and oxygen atoms in total. The van der Waals surface area contributed by atoms with Gasteiger partial charge in [-0.2, -0.15) is 0 Å². The molecule has 0 radical (unpaired) electrons. The summed E-state index contributed by atoms with van der Waals surface area (Å²) in [6.45, 7) is 2.64. The summed E-state index contributed by atoms with van der Waals surface area (Å²) in [6, 6.07) is -0.255. The van der Waals surface area contributed by atoms with Crippen molar-refractivity contribution in [3.8, 4) is 0 Å². The number of hydrogen-bond acceptors (Lipinski definition) is 3. The zero-order chi connectivity index (χ0) is 14.4. The molecule has 0 saturated carbocycles. The van der Waals surface area contributed by atoms with Gasteiger partial charge in [0.25, 0.3) is 0 Å². The summed E-state index contributed by atoms with van der Waals surface area (Å²) < 4.78 is 1.49. The first-order valence-corrected chi connectivity index (χ1v) is 16.4. The summed E-state index contributed by atoms with van der Waals surface area (Å²) in [5.74, 6) is 0.644. The predicted octanol–water partition coefficient (Wildman–Crippen LogP) is 1.52. The molecule has 2 aliphatic rings. The molecule has 2 heterocycles. The summed E-state index contributed by atoms with van der Waals surface area (Å²) in [5.41, 5.74) is 1.05. The van der Waals surface area contributed by atoms with Crippen molar-refractivity contribution in [2.75, 3.05) is 20.1 Å². The van der Waals surface area contributed by atoms with Crippen molar-refractivity contribution in [2.45, 2.75) is 21.7 Å². The molecule has 0 spiro atoms. The van der Waals surface area contributed by atoms with Crippen LogP contribution in [0.4, 0.5) is 4.79 Å². The number of urea groups is 1. The molecule has 19 heavy (non-hydrogen) atoms. The zero-order valence-corrected chi connectivity index (χ0v) is 15.1. The molecule has 6 heteroatoms. The van der Waals surface area contributed by atoms with Crippen LogP contribution in [0.3, 0.4) is 0 Å². The summed E-state index contributed by atoms with van der Waals surface area (Å²) in [7, 11) is 1.71. The summed E-state index contributed by atoms with van der Waals surface area (Å²) in [6.07, 6.45) is 2.21. The van der Waals surface area contributed by atoms with Gasteiger partial charge in [0.05, 0.1) is 0 Å². The van der Waals surface area contributed by atoms with E-state index in [1.807, 2.05) is 0 Å². The van der Waals surface area contributed by atoms with Gasteiger partial charge in [0, 0.05) is 0 Å². The molecular formula is C13H21N3O2Sn. The Balaban J connectivity index is 2.39. The average Bonchev–Trinajstić information content (AvgIpc) is 2.31. The molecule has 104 valence electrons. The van der Waals surface area contributed by atoms with Gasteiger partial charge >= 0.3 is 118 Å². The number of nitrogens with one attached hydrogen (secondary N) is 1. The number of hydrogen-bond donors (Lipinski definition) is 1. The predicted molar refractivity (Wildman–Crippen MR) is 77.0 cm³/mol. The number of amides is 3. The molecule has 3 amide bonds. The van der Waals surface area contributed by atoms with Crippen LogP contribution in [0.25, 0.3) is 0 Å². The van der Waals surface area contributed by atoms with E-state index in [1.54, 1.807) is 7.05 Å². The average molecular weight is 370 g/mol. The van der Waals surface area contributed by atoms with Crippen LogP contribution in [0.1, 0.15) is 6.92 Å². The van der Waals surface area contributed by atoms with Gasteiger partial charge in [-0.25, -0.2) is 0 Å². The van der Waals surface area contributed by atoms with Crippen LogP contribution in [-0.4, -0.2) is 60.3 Å². The number of imide groups is 1. The second kappa shape index (κ2) is 4.85. The molecule has 0 aromatic rings. The van der Waals surface area contributed by atoms with Crippen LogP contribution in [0, 0.1) is 0 Å². The Morgan fingerprint density at radius 3 is 2.53 bits per heavy atom. The standard InChI is InChI=1S/C10H12N3O2.3CH3.Sn/c1-7(14)13-6-8-4-3-5-11-9(8)12(2)10(13)15;;;;/h4,11H,5-6H2,1-2H3;3*1H3;. The third-order valence-electron chi connectivity index (χ3n) is 3.62. The monoisotopic (exact) mass is 371 g/mol. The fraction of sp³-hybridized carbons (Fsp3) is 0.538. The molecule has 0 aromatic heterocycles. The van der Waals surface area contributed by atoms with Crippen LogP contribution in [0.15, 0.2) is 21.1 Å². The zero-order valence-electron chi connectivity index (χ0n) is 12.2. The van der Waals surface area contributed by atoms with Crippen molar-refractivity contribution in [1.82, 2.24) is 15.1 Å². The summed E-state index contributed by atoms with van der Waals surface area (Å²) in [5, 5.41) is 3.35. The Hall–Kier alpha value is -0.981. The molecule has 2 rings (SSSR count). The van der Waals surface area contributed by atoms with Crippen molar-refractivity contribution in [3.05, 3.63) is 21.1 Å². The van der Waals surface area contributed by atoms with E-state index in [-0.39, 0.29) is 11.9 Å². The number of nitrogens with zero attached hydrogens (tertiary/aromatic N) is 2. The molecule has 0 atom stereocenters. The number of dihydropyridines is 1. The van der Waals surface area contributed by atoms with Gasteiger partial charge in [0.2, 0.25) is 0 Å². The van der Waals surface area contributed by atoms with E-state index in [4.69, 9.17) is 0 Å². The number of carbonyl (C=O) groups is 2. The van der Waals surface area contributed by atoms with E-state index in [2.05, 4.69) is 26.2 Å². The molecule has 0 aromatic carbocycles. The maximum atomic E-state index is 12.0. The van der Waals surface area contributed by atoms with Crippen LogP contribution in [-0.2, 0) is 4.79 Å². The van der Waals surface area contributed by atoms with Crippen LogP contribution in [0.2, 0.25) is 14.8 Å². The van der Waals surface area contributed by atoms with Gasteiger partial charge in [0.15, 0.2) is 0 Å². The Morgan fingerprint density at radius 1 is 1.37 bits per heavy atom. The van der Waals surface area contributed by atoms with Crippen molar-refractivity contribution < 1.29 is 9.59 Å². The van der Waals surface area contributed by atoms with Crippen molar-refractivity contribution in [1.29, 1.82) is 0 Å². The van der Waals surface area contributed by atoms with Gasteiger partial charge in [-0.3, -0.25) is 0 Å². The quantitative estimate of drug-likeness (QED) is 0.713. The normalized spacial score (nSPS) is 20.1. The van der Waals surface area contributed by atoms with Crippen LogP contribution < -0.4 is 5.32 Å². The summed E-state index contributed by atoms with van der Waals surface area (Å²) >= 11 is -2.10. The molecule has 0 unspecified atom stereocenters. The van der Waals surface area contributed by atoms with E-state index < -0.39 is 18.4 Å². The van der Waals surface area contributed by atoms with Crippen LogP contribution >= 0.6 is 0 Å². The SMILES string of the molecule is CC(=O)N1CC2=C(NC[C]([Sn]([CH3])([CH3])[CH3])=C2)N(C)C1=O. The summed E-state index contributed by atoms with van der Waals surface area (Å²) in [4.78, 5) is 33.5. The Morgan fingerprint density at radius 2 is 2.00 bits per heavy atom. The third-order valence-corrected chi connectivity index (χ3v) is 10.0. The third kappa shape index (κ3) is 2.66. The molecule has 0 bridgehead atoms. The fourth-order valence-electron chi connectivity index (χ4n) is 2.32. The molecule has 2 aliphatic heterocycles. The Bertz CT molecular complexity index is 503. The molecular weight excluding hydrogens is 349 g/mol. The molecule has 0 aliphatic carbocycles. The van der Waals surface area contributed by atoms with Gasteiger partial charge in [-0.1, -0.05) is 0 Å². The Labute approximate surface area is 118 Å². The van der Waals surface area contributed by atoms with Gasteiger partial charge < -0.3 is 0 Å². The second-order valence-electron chi connectivity index (χ2n) is 6.09.